The van der Waals surface area contributed by atoms with Crippen LogP contribution < -0.4 is 11.1 Å². The maximum atomic E-state index is 12.6. The highest BCUT2D eigenvalue weighted by Crippen LogP contribution is 2.29. The van der Waals surface area contributed by atoms with E-state index in [0.29, 0.717) is 17.4 Å². The minimum atomic E-state index is -4.35. The normalized spacial score (nSPS) is 15.7. The first-order valence-corrected chi connectivity index (χ1v) is 7.15. The zero-order valence-corrected chi connectivity index (χ0v) is 12.1. The van der Waals surface area contributed by atoms with Crippen LogP contribution in [0.5, 0.6) is 0 Å². The Kier molecular flexibility index (Phi) is 5.31. The number of aliphatic imine (C=N–C) groups is 1. The summed E-state index contributed by atoms with van der Waals surface area (Å²) in [6.07, 6.45) is -0.692. The van der Waals surface area contributed by atoms with Crippen molar-refractivity contribution in [2.24, 2.45) is 16.6 Å². The smallest absolute Gasteiger partial charge is 0.370 e. The van der Waals surface area contributed by atoms with Crippen LogP contribution in [0.3, 0.4) is 0 Å². The Hall–Kier alpha value is -2.16. The third-order valence-electron chi connectivity index (χ3n) is 3.53. The van der Waals surface area contributed by atoms with Crippen molar-refractivity contribution in [2.75, 3.05) is 13.1 Å². The first-order chi connectivity index (χ1) is 10.4. The molecule has 0 spiro atoms. The van der Waals surface area contributed by atoms with E-state index in [1.165, 1.54) is 31.4 Å². The van der Waals surface area contributed by atoms with Crippen molar-refractivity contribution >= 4 is 5.96 Å². The van der Waals surface area contributed by atoms with Crippen LogP contribution >= 0.6 is 0 Å². The summed E-state index contributed by atoms with van der Waals surface area (Å²) >= 11 is 0. The molecule has 0 bridgehead atoms. The first kappa shape index (κ1) is 16.2. The number of alkyl halides is 3. The molecule has 1 aliphatic rings. The molecule has 3 N–H and O–H groups in total. The lowest BCUT2D eigenvalue weighted by Crippen LogP contribution is -2.32. The number of benzene rings is 1. The summed E-state index contributed by atoms with van der Waals surface area (Å²) in [6.45, 7) is 0.968. The van der Waals surface area contributed by atoms with E-state index in [1.54, 1.807) is 0 Å². The van der Waals surface area contributed by atoms with Crippen LogP contribution in [0.25, 0.3) is 0 Å². The van der Waals surface area contributed by atoms with Gasteiger partial charge in [-0.2, -0.15) is 13.2 Å². The van der Waals surface area contributed by atoms with Gasteiger partial charge in [0, 0.05) is 12.1 Å². The average Bonchev–Trinajstić information content (AvgIpc) is 2.41. The standard InChI is InChI=1S/C16H18F3N3/c17-16(18,19)14-8-2-4-12(10-14)7-3-9-21-15(20)22-11-13-5-1-6-13/h2,4,8,10,13H,1,5-6,9,11H2,(H3,20,21,22). The van der Waals surface area contributed by atoms with E-state index in [9.17, 15) is 13.2 Å². The van der Waals surface area contributed by atoms with Gasteiger partial charge in [0.25, 0.3) is 0 Å². The van der Waals surface area contributed by atoms with Gasteiger partial charge < -0.3 is 11.1 Å². The largest absolute Gasteiger partial charge is 0.416 e. The van der Waals surface area contributed by atoms with E-state index in [2.05, 4.69) is 22.2 Å². The summed E-state index contributed by atoms with van der Waals surface area (Å²) in [6, 6.07) is 4.93. The maximum Gasteiger partial charge on any atom is 0.416 e. The Morgan fingerprint density at radius 1 is 1.36 bits per heavy atom. The quantitative estimate of drug-likeness (QED) is 0.512. The van der Waals surface area contributed by atoms with Gasteiger partial charge in [-0.1, -0.05) is 24.3 Å². The highest BCUT2D eigenvalue weighted by Gasteiger charge is 2.30. The van der Waals surface area contributed by atoms with Crippen molar-refractivity contribution in [3.63, 3.8) is 0 Å². The van der Waals surface area contributed by atoms with E-state index < -0.39 is 11.7 Å². The van der Waals surface area contributed by atoms with E-state index in [-0.39, 0.29) is 6.54 Å². The van der Waals surface area contributed by atoms with E-state index in [1.807, 2.05) is 0 Å². The second kappa shape index (κ2) is 7.21. The Bertz CT molecular complexity index is 593. The number of nitrogens with zero attached hydrogens (tertiary/aromatic N) is 1. The van der Waals surface area contributed by atoms with Gasteiger partial charge in [-0.3, -0.25) is 4.99 Å². The second-order valence-corrected chi connectivity index (χ2v) is 5.26. The predicted octanol–water partition coefficient (Wildman–Crippen LogP) is 2.76. The molecule has 6 heteroatoms. The molecule has 0 atom stereocenters. The Balaban J connectivity index is 1.83. The lowest BCUT2D eigenvalue weighted by atomic mass is 9.86. The zero-order valence-electron chi connectivity index (χ0n) is 12.1. The topological polar surface area (TPSA) is 50.4 Å². The third-order valence-corrected chi connectivity index (χ3v) is 3.53. The molecule has 3 nitrogen and oxygen atoms in total. The number of rotatable bonds is 3. The number of guanidine groups is 1. The summed E-state index contributed by atoms with van der Waals surface area (Å²) in [5, 5.41) is 2.83. The number of hydrogen-bond donors (Lipinski definition) is 2. The van der Waals surface area contributed by atoms with Crippen LogP contribution in [0.1, 0.15) is 30.4 Å². The van der Waals surface area contributed by atoms with Crippen LogP contribution in [0, 0.1) is 17.8 Å². The lowest BCUT2D eigenvalue weighted by molar-refractivity contribution is -0.137. The molecule has 1 saturated carbocycles. The molecule has 0 unspecified atom stereocenters. The minimum absolute atomic E-state index is 0.246. The predicted molar refractivity (Wildman–Crippen MR) is 80.2 cm³/mol. The maximum absolute atomic E-state index is 12.6. The third kappa shape index (κ3) is 4.99. The molecule has 0 radical (unpaired) electrons. The lowest BCUT2D eigenvalue weighted by Gasteiger charge is -2.23. The molecule has 0 amide bonds. The molecule has 22 heavy (non-hydrogen) atoms. The van der Waals surface area contributed by atoms with Gasteiger partial charge >= 0.3 is 6.18 Å². The fraction of sp³-hybridized carbons (Fsp3) is 0.438. The number of halogens is 3. The van der Waals surface area contributed by atoms with Gasteiger partial charge in [0.05, 0.1) is 12.1 Å². The summed E-state index contributed by atoms with van der Waals surface area (Å²) < 4.78 is 37.7. The van der Waals surface area contributed by atoms with Gasteiger partial charge in [-0.25, -0.2) is 0 Å². The van der Waals surface area contributed by atoms with Crippen molar-refractivity contribution in [3.05, 3.63) is 35.4 Å². The van der Waals surface area contributed by atoms with Crippen molar-refractivity contribution in [1.82, 2.24) is 5.32 Å². The second-order valence-electron chi connectivity index (χ2n) is 5.26. The van der Waals surface area contributed by atoms with Crippen LogP contribution in [0.15, 0.2) is 29.3 Å². The fourth-order valence-corrected chi connectivity index (χ4v) is 2.01. The summed E-state index contributed by atoms with van der Waals surface area (Å²) in [4.78, 5) is 4.20. The summed E-state index contributed by atoms with van der Waals surface area (Å²) in [7, 11) is 0. The van der Waals surface area contributed by atoms with Crippen molar-refractivity contribution in [3.8, 4) is 11.8 Å². The Morgan fingerprint density at radius 3 is 2.77 bits per heavy atom. The van der Waals surface area contributed by atoms with Gasteiger partial charge in [0.2, 0.25) is 0 Å². The zero-order chi connectivity index (χ0) is 16.0. The first-order valence-electron chi connectivity index (χ1n) is 7.15. The van der Waals surface area contributed by atoms with Crippen LogP contribution in [0.4, 0.5) is 13.2 Å². The Morgan fingerprint density at radius 2 is 2.14 bits per heavy atom. The van der Waals surface area contributed by atoms with Crippen molar-refractivity contribution in [1.29, 1.82) is 0 Å². The van der Waals surface area contributed by atoms with Gasteiger partial charge in [0.15, 0.2) is 5.96 Å². The summed E-state index contributed by atoms with van der Waals surface area (Å²) in [5.74, 6) is 6.37. The molecule has 0 aromatic heterocycles. The molecule has 1 fully saturated rings. The van der Waals surface area contributed by atoms with E-state index in [4.69, 9.17) is 5.73 Å². The van der Waals surface area contributed by atoms with Crippen LogP contribution in [0.2, 0.25) is 0 Å². The van der Waals surface area contributed by atoms with E-state index in [0.717, 1.165) is 18.7 Å². The number of nitrogens with two attached hydrogens (primary N) is 1. The van der Waals surface area contributed by atoms with Gasteiger partial charge in [-0.15, -0.1) is 0 Å². The van der Waals surface area contributed by atoms with Gasteiger partial charge in [0.1, 0.15) is 0 Å². The summed E-state index contributed by atoms with van der Waals surface area (Å²) in [5.41, 5.74) is 5.30. The molecule has 2 rings (SSSR count). The molecule has 1 aromatic carbocycles. The van der Waals surface area contributed by atoms with E-state index >= 15 is 0 Å². The minimum Gasteiger partial charge on any atom is -0.370 e. The molecule has 0 saturated heterocycles. The molecule has 0 heterocycles. The Labute approximate surface area is 127 Å². The SMILES string of the molecule is NC(=NCC1CCC1)NCC#Cc1cccc(C(F)(F)F)c1. The number of nitrogens with one attached hydrogen (secondary N) is 1. The molecule has 1 aromatic rings. The van der Waals surface area contributed by atoms with Crippen LogP contribution in [-0.4, -0.2) is 19.0 Å². The van der Waals surface area contributed by atoms with Gasteiger partial charge in [-0.05, 0) is 37.0 Å². The molecular formula is C16H18F3N3. The highest BCUT2D eigenvalue weighted by molar-refractivity contribution is 5.78. The average molecular weight is 309 g/mol. The molecule has 118 valence electrons. The monoisotopic (exact) mass is 309 g/mol. The van der Waals surface area contributed by atoms with Crippen molar-refractivity contribution < 1.29 is 13.2 Å². The molecule has 0 aliphatic heterocycles. The highest BCUT2D eigenvalue weighted by atomic mass is 19.4. The number of hydrogen-bond acceptors (Lipinski definition) is 1. The van der Waals surface area contributed by atoms with Crippen molar-refractivity contribution in [2.45, 2.75) is 25.4 Å². The van der Waals surface area contributed by atoms with Crippen LogP contribution in [-0.2, 0) is 6.18 Å². The molecule has 1 aliphatic carbocycles. The fourth-order valence-electron chi connectivity index (χ4n) is 2.01. The molecular weight excluding hydrogens is 291 g/mol.